The standard InChI is InChI=1S/C17H27N3O5S/c1-4-24-15-7-6-14(10-16(15)25-5-2)26(22,23)19-12-17(21)20-9-8-18-11-13(20)3/h6-7,10,13,18-19H,4-5,8-9,11-12H2,1-3H3/t13-/m0/s1. The van der Waals surface area contributed by atoms with Gasteiger partial charge in [-0.3, -0.25) is 4.79 Å². The molecule has 0 aliphatic carbocycles. The van der Waals surface area contributed by atoms with Gasteiger partial charge in [0, 0.05) is 31.7 Å². The minimum Gasteiger partial charge on any atom is -0.490 e. The maximum atomic E-state index is 12.5. The van der Waals surface area contributed by atoms with Crippen molar-refractivity contribution in [2.24, 2.45) is 0 Å². The summed E-state index contributed by atoms with van der Waals surface area (Å²) < 4.78 is 38.4. The van der Waals surface area contributed by atoms with E-state index < -0.39 is 10.0 Å². The zero-order valence-electron chi connectivity index (χ0n) is 15.4. The van der Waals surface area contributed by atoms with Gasteiger partial charge < -0.3 is 19.7 Å². The van der Waals surface area contributed by atoms with Gasteiger partial charge in [-0.05, 0) is 32.9 Å². The molecule has 0 aromatic heterocycles. The smallest absolute Gasteiger partial charge is 0.241 e. The lowest BCUT2D eigenvalue weighted by atomic mass is 10.2. The van der Waals surface area contributed by atoms with Crippen molar-refractivity contribution in [2.45, 2.75) is 31.7 Å². The summed E-state index contributed by atoms with van der Waals surface area (Å²) in [5.41, 5.74) is 0. The Bertz CT molecular complexity index is 723. The molecule has 0 bridgehead atoms. The van der Waals surface area contributed by atoms with E-state index in [1.54, 1.807) is 11.0 Å². The summed E-state index contributed by atoms with van der Waals surface area (Å²) in [4.78, 5) is 14.0. The Morgan fingerprint density at radius 1 is 1.27 bits per heavy atom. The van der Waals surface area contributed by atoms with Crippen molar-refractivity contribution < 1.29 is 22.7 Å². The summed E-state index contributed by atoms with van der Waals surface area (Å²) >= 11 is 0. The van der Waals surface area contributed by atoms with Crippen molar-refractivity contribution in [3.8, 4) is 11.5 Å². The first-order valence-corrected chi connectivity index (χ1v) is 10.3. The van der Waals surface area contributed by atoms with Gasteiger partial charge in [-0.15, -0.1) is 0 Å². The molecule has 1 fully saturated rings. The van der Waals surface area contributed by atoms with Gasteiger partial charge in [-0.25, -0.2) is 13.1 Å². The SMILES string of the molecule is CCOc1ccc(S(=O)(=O)NCC(=O)N2CCNC[C@@H]2C)cc1OCC. The molecule has 9 heteroatoms. The molecule has 0 unspecified atom stereocenters. The van der Waals surface area contributed by atoms with Gasteiger partial charge in [0.25, 0.3) is 0 Å². The number of hydrogen-bond acceptors (Lipinski definition) is 6. The molecule has 1 aromatic rings. The number of sulfonamides is 1. The highest BCUT2D eigenvalue weighted by molar-refractivity contribution is 7.89. The van der Waals surface area contributed by atoms with Crippen LogP contribution in [0.2, 0.25) is 0 Å². The largest absolute Gasteiger partial charge is 0.490 e. The van der Waals surface area contributed by atoms with E-state index in [1.807, 2.05) is 20.8 Å². The molecule has 1 amide bonds. The van der Waals surface area contributed by atoms with E-state index in [1.165, 1.54) is 12.1 Å². The fourth-order valence-corrected chi connectivity index (χ4v) is 3.74. The third-order valence-electron chi connectivity index (χ3n) is 4.06. The topological polar surface area (TPSA) is 97.0 Å². The zero-order chi connectivity index (χ0) is 19.2. The molecule has 1 aromatic carbocycles. The van der Waals surface area contributed by atoms with Gasteiger partial charge in [-0.1, -0.05) is 0 Å². The van der Waals surface area contributed by atoms with Crippen LogP contribution in [0.4, 0.5) is 0 Å². The van der Waals surface area contributed by atoms with E-state index >= 15 is 0 Å². The van der Waals surface area contributed by atoms with E-state index in [4.69, 9.17) is 9.47 Å². The quantitative estimate of drug-likeness (QED) is 0.680. The van der Waals surface area contributed by atoms with E-state index in [0.29, 0.717) is 44.3 Å². The second kappa shape index (κ2) is 9.20. The lowest BCUT2D eigenvalue weighted by Crippen LogP contribution is -2.54. The molecule has 1 saturated heterocycles. The summed E-state index contributed by atoms with van der Waals surface area (Å²) in [5, 5.41) is 3.19. The number of hydrogen-bond donors (Lipinski definition) is 2. The van der Waals surface area contributed by atoms with Crippen molar-refractivity contribution in [2.75, 3.05) is 39.4 Å². The van der Waals surface area contributed by atoms with Crippen LogP contribution < -0.4 is 19.5 Å². The predicted octanol–water partition coefficient (Wildman–Crippen LogP) is 0.583. The Labute approximate surface area is 154 Å². The van der Waals surface area contributed by atoms with Gasteiger partial charge in [0.2, 0.25) is 15.9 Å². The van der Waals surface area contributed by atoms with Crippen LogP contribution in [0, 0.1) is 0 Å². The summed E-state index contributed by atoms with van der Waals surface area (Å²) in [5.74, 6) is 0.608. The fraction of sp³-hybridized carbons (Fsp3) is 0.588. The molecule has 2 N–H and O–H groups in total. The van der Waals surface area contributed by atoms with Crippen molar-refractivity contribution in [3.05, 3.63) is 18.2 Å². The molecule has 1 aliphatic heterocycles. The van der Waals surface area contributed by atoms with E-state index in [-0.39, 0.29) is 23.4 Å². The molecule has 1 atom stereocenters. The monoisotopic (exact) mass is 385 g/mol. The minimum atomic E-state index is -3.83. The first-order chi connectivity index (χ1) is 12.4. The Kier molecular flexibility index (Phi) is 7.24. The fourth-order valence-electron chi connectivity index (χ4n) is 2.75. The Morgan fingerprint density at radius 2 is 1.96 bits per heavy atom. The van der Waals surface area contributed by atoms with Crippen molar-refractivity contribution in [1.82, 2.24) is 14.9 Å². The van der Waals surface area contributed by atoms with Gasteiger partial charge >= 0.3 is 0 Å². The number of benzene rings is 1. The number of piperazine rings is 1. The van der Waals surface area contributed by atoms with Gasteiger partial charge in [0.1, 0.15) is 0 Å². The van der Waals surface area contributed by atoms with E-state index in [9.17, 15) is 13.2 Å². The molecular formula is C17H27N3O5S. The summed E-state index contributed by atoms with van der Waals surface area (Å²) in [6.45, 7) is 8.11. The first kappa shape index (κ1) is 20.5. The van der Waals surface area contributed by atoms with Crippen molar-refractivity contribution >= 4 is 15.9 Å². The molecule has 1 heterocycles. The van der Waals surface area contributed by atoms with Crippen LogP contribution in [0.15, 0.2) is 23.1 Å². The molecule has 2 rings (SSSR count). The van der Waals surface area contributed by atoms with Gasteiger partial charge in [-0.2, -0.15) is 0 Å². The third kappa shape index (κ3) is 5.09. The molecule has 1 aliphatic rings. The molecule has 26 heavy (non-hydrogen) atoms. The van der Waals surface area contributed by atoms with Crippen LogP contribution in [-0.4, -0.2) is 64.7 Å². The number of nitrogens with one attached hydrogen (secondary N) is 2. The summed E-state index contributed by atoms with van der Waals surface area (Å²) in [7, 11) is -3.83. The molecule has 8 nitrogen and oxygen atoms in total. The maximum Gasteiger partial charge on any atom is 0.241 e. The second-order valence-corrected chi connectivity index (χ2v) is 7.71. The average Bonchev–Trinajstić information content (AvgIpc) is 2.62. The van der Waals surface area contributed by atoms with Gasteiger partial charge in [0.05, 0.1) is 24.7 Å². The zero-order valence-corrected chi connectivity index (χ0v) is 16.3. The van der Waals surface area contributed by atoms with Crippen LogP contribution in [0.25, 0.3) is 0 Å². The number of rotatable bonds is 8. The second-order valence-electron chi connectivity index (χ2n) is 5.94. The lowest BCUT2D eigenvalue weighted by molar-refractivity contribution is -0.132. The molecule has 0 spiro atoms. The Balaban J connectivity index is 2.09. The van der Waals surface area contributed by atoms with Crippen LogP contribution >= 0.6 is 0 Å². The minimum absolute atomic E-state index is 0.0329. The third-order valence-corrected chi connectivity index (χ3v) is 5.46. The summed E-state index contributed by atoms with van der Waals surface area (Å²) in [6, 6.07) is 4.45. The van der Waals surface area contributed by atoms with Crippen molar-refractivity contribution in [3.63, 3.8) is 0 Å². The number of amides is 1. The lowest BCUT2D eigenvalue weighted by Gasteiger charge is -2.34. The van der Waals surface area contributed by atoms with Crippen LogP contribution in [0.1, 0.15) is 20.8 Å². The Hall–Kier alpha value is -1.84. The number of carbonyl (C=O) groups excluding carboxylic acids is 1. The molecule has 0 saturated carbocycles. The summed E-state index contributed by atoms with van der Waals surface area (Å²) in [6.07, 6.45) is 0. The highest BCUT2D eigenvalue weighted by Gasteiger charge is 2.25. The first-order valence-electron chi connectivity index (χ1n) is 8.78. The number of ether oxygens (including phenoxy) is 2. The van der Waals surface area contributed by atoms with Crippen LogP contribution in [-0.2, 0) is 14.8 Å². The van der Waals surface area contributed by atoms with Crippen molar-refractivity contribution in [1.29, 1.82) is 0 Å². The van der Waals surface area contributed by atoms with Crippen LogP contribution in [0.5, 0.6) is 11.5 Å². The Morgan fingerprint density at radius 3 is 2.62 bits per heavy atom. The number of nitrogens with zero attached hydrogens (tertiary/aromatic N) is 1. The molecule has 0 radical (unpaired) electrons. The highest BCUT2D eigenvalue weighted by atomic mass is 32.2. The van der Waals surface area contributed by atoms with Gasteiger partial charge in [0.15, 0.2) is 11.5 Å². The van der Waals surface area contributed by atoms with E-state index in [0.717, 1.165) is 0 Å². The van der Waals surface area contributed by atoms with Crippen LogP contribution in [0.3, 0.4) is 0 Å². The molecule has 146 valence electrons. The number of carbonyl (C=O) groups is 1. The average molecular weight is 385 g/mol. The molecular weight excluding hydrogens is 358 g/mol. The normalized spacial score (nSPS) is 17.8. The predicted molar refractivity (Wildman–Crippen MR) is 98.0 cm³/mol. The maximum absolute atomic E-state index is 12.5. The highest BCUT2D eigenvalue weighted by Crippen LogP contribution is 2.30. The van der Waals surface area contributed by atoms with E-state index in [2.05, 4.69) is 10.0 Å².